The van der Waals surface area contributed by atoms with Crippen molar-refractivity contribution in [3.8, 4) is 5.75 Å². The SMILES string of the molecule is COc1cc(N)ccc1SCc1ccc(C(=O)O)cc1. The fourth-order valence-corrected chi connectivity index (χ4v) is 2.67. The van der Waals surface area contributed by atoms with E-state index in [0.29, 0.717) is 11.3 Å². The molecule has 0 saturated heterocycles. The van der Waals surface area contributed by atoms with Gasteiger partial charge in [-0.3, -0.25) is 0 Å². The lowest BCUT2D eigenvalue weighted by molar-refractivity contribution is 0.0697. The first-order valence-electron chi connectivity index (χ1n) is 5.98. The minimum absolute atomic E-state index is 0.295. The molecule has 0 saturated carbocycles. The molecule has 0 aliphatic rings. The van der Waals surface area contributed by atoms with Gasteiger partial charge in [-0.05, 0) is 29.8 Å². The highest BCUT2D eigenvalue weighted by atomic mass is 32.2. The zero-order chi connectivity index (χ0) is 14.5. The highest BCUT2D eigenvalue weighted by Gasteiger charge is 2.06. The lowest BCUT2D eigenvalue weighted by Crippen LogP contribution is -1.95. The van der Waals surface area contributed by atoms with Crippen molar-refractivity contribution in [1.82, 2.24) is 0 Å². The molecule has 0 atom stereocenters. The standard InChI is InChI=1S/C15H15NO3S/c1-19-13-8-12(16)6-7-14(13)20-9-10-2-4-11(5-3-10)15(17)18/h2-8H,9,16H2,1H3,(H,17,18). The van der Waals surface area contributed by atoms with Crippen molar-refractivity contribution in [1.29, 1.82) is 0 Å². The normalized spacial score (nSPS) is 10.2. The van der Waals surface area contributed by atoms with E-state index in [9.17, 15) is 4.79 Å². The zero-order valence-corrected chi connectivity index (χ0v) is 11.8. The molecule has 104 valence electrons. The van der Waals surface area contributed by atoms with Gasteiger partial charge in [-0.2, -0.15) is 0 Å². The molecular weight excluding hydrogens is 274 g/mol. The van der Waals surface area contributed by atoms with Crippen molar-refractivity contribution in [2.45, 2.75) is 10.6 Å². The monoisotopic (exact) mass is 289 g/mol. The Morgan fingerprint density at radius 2 is 1.95 bits per heavy atom. The lowest BCUT2D eigenvalue weighted by atomic mass is 10.1. The summed E-state index contributed by atoms with van der Waals surface area (Å²) >= 11 is 1.62. The Morgan fingerprint density at radius 1 is 1.25 bits per heavy atom. The second-order valence-electron chi connectivity index (χ2n) is 4.20. The minimum Gasteiger partial charge on any atom is -0.496 e. The van der Waals surface area contributed by atoms with Crippen LogP contribution < -0.4 is 10.5 Å². The maximum Gasteiger partial charge on any atom is 0.335 e. The summed E-state index contributed by atoms with van der Waals surface area (Å²) in [5, 5.41) is 8.84. The molecule has 2 aromatic rings. The number of benzene rings is 2. The summed E-state index contributed by atoms with van der Waals surface area (Å²) in [5.74, 6) is 0.571. The van der Waals surface area contributed by atoms with Gasteiger partial charge in [-0.1, -0.05) is 12.1 Å². The van der Waals surface area contributed by atoms with Crippen LogP contribution in [0.25, 0.3) is 0 Å². The van der Waals surface area contributed by atoms with Crippen LogP contribution in [0.2, 0.25) is 0 Å². The maximum absolute atomic E-state index is 10.8. The number of aromatic carboxylic acids is 1. The van der Waals surface area contributed by atoms with Gasteiger partial charge in [-0.25, -0.2) is 4.79 Å². The van der Waals surface area contributed by atoms with Crippen LogP contribution in [0.15, 0.2) is 47.4 Å². The number of carboxylic acid groups (broad SMARTS) is 1. The predicted molar refractivity (Wildman–Crippen MR) is 80.4 cm³/mol. The highest BCUT2D eigenvalue weighted by molar-refractivity contribution is 7.98. The smallest absolute Gasteiger partial charge is 0.335 e. The second-order valence-corrected chi connectivity index (χ2v) is 5.22. The number of rotatable bonds is 5. The summed E-state index contributed by atoms with van der Waals surface area (Å²) in [5.41, 5.74) is 7.72. The molecule has 0 unspecified atom stereocenters. The van der Waals surface area contributed by atoms with Crippen molar-refractivity contribution in [2.24, 2.45) is 0 Å². The number of ether oxygens (including phenoxy) is 1. The molecule has 0 radical (unpaired) electrons. The molecule has 0 aromatic heterocycles. The largest absolute Gasteiger partial charge is 0.496 e. The van der Waals surface area contributed by atoms with Crippen LogP contribution in [-0.4, -0.2) is 18.2 Å². The number of nitrogen functional groups attached to an aromatic ring is 1. The van der Waals surface area contributed by atoms with E-state index in [4.69, 9.17) is 15.6 Å². The molecule has 0 spiro atoms. The Morgan fingerprint density at radius 3 is 2.55 bits per heavy atom. The number of carbonyl (C=O) groups is 1. The number of hydrogen-bond acceptors (Lipinski definition) is 4. The van der Waals surface area contributed by atoms with Crippen molar-refractivity contribution in [2.75, 3.05) is 12.8 Å². The first kappa shape index (κ1) is 14.3. The molecule has 20 heavy (non-hydrogen) atoms. The molecule has 0 heterocycles. The molecule has 5 heteroatoms. The Labute approximate surface area is 121 Å². The van der Waals surface area contributed by atoms with Gasteiger partial charge in [0.15, 0.2) is 0 Å². The van der Waals surface area contributed by atoms with Crippen molar-refractivity contribution in [3.63, 3.8) is 0 Å². The molecule has 4 nitrogen and oxygen atoms in total. The van der Waals surface area contributed by atoms with Crippen molar-refractivity contribution < 1.29 is 14.6 Å². The van der Waals surface area contributed by atoms with Gasteiger partial charge in [0.2, 0.25) is 0 Å². The van der Waals surface area contributed by atoms with Gasteiger partial charge in [0.05, 0.1) is 12.7 Å². The van der Waals surface area contributed by atoms with Crippen molar-refractivity contribution >= 4 is 23.4 Å². The summed E-state index contributed by atoms with van der Waals surface area (Å²) in [6.07, 6.45) is 0. The number of thioether (sulfide) groups is 1. The van der Waals surface area contributed by atoms with E-state index < -0.39 is 5.97 Å². The fourth-order valence-electron chi connectivity index (χ4n) is 1.71. The number of methoxy groups -OCH3 is 1. The number of hydrogen-bond donors (Lipinski definition) is 2. The highest BCUT2D eigenvalue weighted by Crippen LogP contribution is 2.33. The average Bonchev–Trinajstić information content (AvgIpc) is 2.46. The molecule has 0 fully saturated rings. The first-order chi connectivity index (χ1) is 9.60. The quantitative estimate of drug-likeness (QED) is 0.653. The Balaban J connectivity index is 2.06. The molecule has 2 rings (SSSR count). The van der Waals surface area contributed by atoms with E-state index in [0.717, 1.165) is 22.0 Å². The molecule has 0 aliphatic carbocycles. The predicted octanol–water partition coefficient (Wildman–Crippen LogP) is 3.27. The van der Waals surface area contributed by atoms with Gasteiger partial charge in [-0.15, -0.1) is 11.8 Å². The first-order valence-corrected chi connectivity index (χ1v) is 6.97. The summed E-state index contributed by atoms with van der Waals surface area (Å²) < 4.78 is 5.29. The molecule has 0 bridgehead atoms. The van der Waals surface area contributed by atoms with E-state index in [1.807, 2.05) is 24.3 Å². The van der Waals surface area contributed by atoms with Crippen LogP contribution in [0.1, 0.15) is 15.9 Å². The Kier molecular flexibility index (Phi) is 4.53. The Hall–Kier alpha value is -2.14. The van der Waals surface area contributed by atoms with Gasteiger partial charge in [0.25, 0.3) is 0 Å². The molecule has 0 aliphatic heterocycles. The van der Waals surface area contributed by atoms with E-state index in [2.05, 4.69) is 0 Å². The van der Waals surface area contributed by atoms with E-state index in [1.54, 1.807) is 37.1 Å². The molecule has 2 aromatic carbocycles. The third-order valence-corrected chi connectivity index (χ3v) is 3.91. The summed E-state index contributed by atoms with van der Waals surface area (Å²) in [4.78, 5) is 11.8. The maximum atomic E-state index is 10.8. The molecular formula is C15H15NO3S. The van der Waals surface area contributed by atoms with Crippen LogP contribution in [0.4, 0.5) is 5.69 Å². The minimum atomic E-state index is -0.913. The van der Waals surface area contributed by atoms with E-state index in [1.165, 1.54) is 0 Å². The number of anilines is 1. The summed E-state index contributed by atoms with van der Waals surface area (Å²) in [6.45, 7) is 0. The van der Waals surface area contributed by atoms with Crippen LogP contribution in [-0.2, 0) is 5.75 Å². The second kappa shape index (κ2) is 6.34. The van der Waals surface area contributed by atoms with E-state index >= 15 is 0 Å². The summed E-state index contributed by atoms with van der Waals surface area (Å²) in [7, 11) is 1.61. The van der Waals surface area contributed by atoms with Crippen LogP contribution in [0.5, 0.6) is 5.75 Å². The number of nitrogens with two attached hydrogens (primary N) is 1. The zero-order valence-electron chi connectivity index (χ0n) is 11.0. The van der Waals surface area contributed by atoms with Gasteiger partial charge >= 0.3 is 5.97 Å². The molecule has 0 amide bonds. The van der Waals surface area contributed by atoms with Gasteiger partial charge in [0.1, 0.15) is 5.75 Å². The van der Waals surface area contributed by atoms with Gasteiger partial charge < -0.3 is 15.6 Å². The third kappa shape index (κ3) is 3.45. The Bertz CT molecular complexity index is 611. The molecule has 3 N–H and O–H groups in total. The topological polar surface area (TPSA) is 72.5 Å². The van der Waals surface area contributed by atoms with Crippen LogP contribution >= 0.6 is 11.8 Å². The van der Waals surface area contributed by atoms with Crippen molar-refractivity contribution in [3.05, 3.63) is 53.6 Å². The lowest BCUT2D eigenvalue weighted by Gasteiger charge is -2.09. The van der Waals surface area contributed by atoms with Gasteiger partial charge in [0, 0.05) is 22.4 Å². The summed E-state index contributed by atoms with van der Waals surface area (Å²) in [6, 6.07) is 12.4. The fraction of sp³-hybridized carbons (Fsp3) is 0.133. The third-order valence-electron chi connectivity index (χ3n) is 2.78. The average molecular weight is 289 g/mol. The van der Waals surface area contributed by atoms with Crippen LogP contribution in [0.3, 0.4) is 0 Å². The van der Waals surface area contributed by atoms with Crippen LogP contribution in [0, 0.1) is 0 Å². The number of carboxylic acids is 1. The van der Waals surface area contributed by atoms with E-state index in [-0.39, 0.29) is 0 Å².